The van der Waals surface area contributed by atoms with Crippen LogP contribution in [0.1, 0.15) is 6.92 Å². The van der Waals surface area contributed by atoms with Gasteiger partial charge in [-0.2, -0.15) is 0 Å². The summed E-state index contributed by atoms with van der Waals surface area (Å²) in [5.41, 5.74) is 0.797. The first-order valence-corrected chi connectivity index (χ1v) is 6.45. The zero-order valence-electron chi connectivity index (χ0n) is 11.3. The fourth-order valence-electron chi connectivity index (χ4n) is 2.35. The van der Waals surface area contributed by atoms with Crippen molar-refractivity contribution in [2.45, 2.75) is 6.92 Å². The molecule has 1 fully saturated rings. The summed E-state index contributed by atoms with van der Waals surface area (Å²) < 4.78 is 5.05. The van der Waals surface area contributed by atoms with E-state index >= 15 is 0 Å². The maximum absolute atomic E-state index is 11.2. The zero-order valence-corrected chi connectivity index (χ0v) is 11.3. The lowest BCUT2D eigenvalue weighted by molar-refractivity contribution is -0.384. The Morgan fingerprint density at radius 3 is 2.53 bits per heavy atom. The molecule has 2 rings (SSSR count). The Hall–Kier alpha value is -1.82. The largest absolute Gasteiger partial charge is 0.496 e. The highest BCUT2D eigenvalue weighted by atomic mass is 16.6. The van der Waals surface area contributed by atoms with E-state index in [1.807, 2.05) is 0 Å². The molecule has 0 saturated carbocycles. The molecule has 1 aromatic carbocycles. The van der Waals surface area contributed by atoms with Crippen LogP contribution in [0, 0.1) is 10.1 Å². The minimum absolute atomic E-state index is 0.115. The summed E-state index contributed by atoms with van der Waals surface area (Å²) >= 11 is 0. The number of anilines is 1. The van der Waals surface area contributed by atoms with Gasteiger partial charge < -0.3 is 14.5 Å². The molecule has 1 saturated heterocycles. The van der Waals surface area contributed by atoms with Crippen LogP contribution in [0.15, 0.2) is 18.2 Å². The molecule has 0 N–H and O–H groups in total. The highest BCUT2D eigenvalue weighted by molar-refractivity contribution is 5.65. The van der Waals surface area contributed by atoms with Crippen molar-refractivity contribution >= 4 is 11.4 Å². The highest BCUT2D eigenvalue weighted by Crippen LogP contribution is 2.32. The van der Waals surface area contributed by atoms with Crippen LogP contribution >= 0.6 is 0 Å². The second-order valence-electron chi connectivity index (χ2n) is 4.53. The van der Waals surface area contributed by atoms with E-state index in [1.54, 1.807) is 12.1 Å². The first-order chi connectivity index (χ1) is 9.15. The van der Waals surface area contributed by atoms with Crippen LogP contribution in [0.4, 0.5) is 11.4 Å². The smallest absolute Gasteiger partial charge is 0.296 e. The van der Waals surface area contributed by atoms with E-state index in [0.717, 1.165) is 32.7 Å². The first-order valence-electron chi connectivity index (χ1n) is 6.45. The molecule has 0 amide bonds. The summed E-state index contributed by atoms with van der Waals surface area (Å²) in [7, 11) is 1.51. The lowest BCUT2D eigenvalue weighted by Gasteiger charge is -2.35. The molecular formula is C13H19N3O3. The molecule has 6 heteroatoms. The second kappa shape index (κ2) is 5.88. The molecule has 0 radical (unpaired) electrons. The third-order valence-electron chi connectivity index (χ3n) is 3.54. The number of piperazine rings is 1. The maximum Gasteiger partial charge on any atom is 0.296 e. The van der Waals surface area contributed by atoms with Crippen molar-refractivity contribution in [3.8, 4) is 5.75 Å². The summed E-state index contributed by atoms with van der Waals surface area (Å²) in [6.45, 7) is 6.69. The number of benzene rings is 1. The first kappa shape index (κ1) is 13.6. The number of nitrogens with zero attached hydrogens (tertiary/aromatic N) is 3. The molecule has 6 nitrogen and oxygen atoms in total. The topological polar surface area (TPSA) is 58.8 Å². The van der Waals surface area contributed by atoms with Crippen LogP contribution in [-0.2, 0) is 0 Å². The Labute approximate surface area is 112 Å². The number of nitro benzene ring substituents is 1. The van der Waals surface area contributed by atoms with Crippen molar-refractivity contribution in [1.82, 2.24) is 4.90 Å². The van der Waals surface area contributed by atoms with Gasteiger partial charge in [0, 0.05) is 26.2 Å². The van der Waals surface area contributed by atoms with Gasteiger partial charge in [0.05, 0.1) is 18.1 Å². The third-order valence-corrected chi connectivity index (χ3v) is 3.54. The number of ether oxygens (including phenoxy) is 1. The Balaban J connectivity index is 2.22. The van der Waals surface area contributed by atoms with Crippen LogP contribution in [0.2, 0.25) is 0 Å². The van der Waals surface area contributed by atoms with Crippen molar-refractivity contribution in [1.29, 1.82) is 0 Å². The fraction of sp³-hybridized carbons (Fsp3) is 0.538. The van der Waals surface area contributed by atoms with Crippen molar-refractivity contribution in [3.05, 3.63) is 28.3 Å². The number of likely N-dealkylation sites (N-methyl/N-ethyl adjacent to an activating group) is 1. The Morgan fingerprint density at radius 2 is 2.00 bits per heavy atom. The summed E-state index contributed by atoms with van der Waals surface area (Å²) in [5.74, 6) is 0.516. The molecule has 19 heavy (non-hydrogen) atoms. The predicted molar refractivity (Wildman–Crippen MR) is 74.0 cm³/mol. The molecule has 0 atom stereocenters. The number of hydrogen-bond acceptors (Lipinski definition) is 5. The standard InChI is InChI=1S/C13H19N3O3/c1-3-14-6-8-15(9-7-14)12-5-4-11(19-2)10-13(12)16(17)18/h4-5,10H,3,6-9H2,1-2H3. The Bertz CT molecular complexity index is 456. The normalized spacial score (nSPS) is 16.4. The van der Waals surface area contributed by atoms with Crippen molar-refractivity contribution < 1.29 is 9.66 Å². The average Bonchev–Trinajstić information content (AvgIpc) is 2.46. The molecule has 0 aromatic heterocycles. The van der Waals surface area contributed by atoms with E-state index in [4.69, 9.17) is 4.74 Å². The van der Waals surface area contributed by atoms with Gasteiger partial charge >= 0.3 is 0 Å². The SMILES string of the molecule is CCN1CCN(c2ccc(OC)cc2[N+](=O)[O-])CC1. The van der Waals surface area contributed by atoms with Gasteiger partial charge in [0.2, 0.25) is 0 Å². The summed E-state index contributed by atoms with van der Waals surface area (Å²) in [4.78, 5) is 15.2. The minimum atomic E-state index is -0.343. The van der Waals surface area contributed by atoms with Crippen molar-refractivity contribution in [2.24, 2.45) is 0 Å². The molecule has 0 aliphatic carbocycles. The average molecular weight is 265 g/mol. The molecular weight excluding hydrogens is 246 g/mol. The van der Waals surface area contributed by atoms with Gasteiger partial charge in [-0.3, -0.25) is 10.1 Å². The minimum Gasteiger partial charge on any atom is -0.496 e. The van der Waals surface area contributed by atoms with Gasteiger partial charge in [-0.05, 0) is 18.7 Å². The molecule has 0 bridgehead atoms. The van der Waals surface area contributed by atoms with E-state index in [2.05, 4.69) is 16.7 Å². The Morgan fingerprint density at radius 1 is 1.32 bits per heavy atom. The van der Waals surface area contributed by atoms with E-state index < -0.39 is 0 Å². The fourth-order valence-corrected chi connectivity index (χ4v) is 2.35. The van der Waals surface area contributed by atoms with Gasteiger partial charge in [-0.25, -0.2) is 0 Å². The van der Waals surface area contributed by atoms with E-state index in [0.29, 0.717) is 11.4 Å². The van der Waals surface area contributed by atoms with E-state index in [-0.39, 0.29) is 10.6 Å². The molecule has 0 spiro atoms. The summed E-state index contributed by atoms with van der Waals surface area (Å²) in [6.07, 6.45) is 0. The molecule has 1 heterocycles. The van der Waals surface area contributed by atoms with E-state index in [9.17, 15) is 10.1 Å². The van der Waals surface area contributed by atoms with Gasteiger partial charge in [-0.1, -0.05) is 6.92 Å². The van der Waals surface area contributed by atoms with Crippen molar-refractivity contribution in [3.63, 3.8) is 0 Å². The molecule has 0 unspecified atom stereocenters. The van der Waals surface area contributed by atoms with Crippen LogP contribution in [0.3, 0.4) is 0 Å². The summed E-state index contributed by atoms with van der Waals surface area (Å²) in [6, 6.07) is 5.04. The van der Waals surface area contributed by atoms with Crippen LogP contribution in [0.25, 0.3) is 0 Å². The van der Waals surface area contributed by atoms with Crippen LogP contribution in [0.5, 0.6) is 5.75 Å². The van der Waals surface area contributed by atoms with Gasteiger partial charge in [0.1, 0.15) is 11.4 Å². The Kier molecular flexibility index (Phi) is 4.21. The third kappa shape index (κ3) is 2.96. The molecule has 1 aliphatic rings. The highest BCUT2D eigenvalue weighted by Gasteiger charge is 2.23. The monoisotopic (exact) mass is 265 g/mol. The van der Waals surface area contributed by atoms with Gasteiger partial charge in [0.15, 0.2) is 0 Å². The van der Waals surface area contributed by atoms with Gasteiger partial charge in [0.25, 0.3) is 5.69 Å². The van der Waals surface area contributed by atoms with E-state index in [1.165, 1.54) is 13.2 Å². The van der Waals surface area contributed by atoms with Crippen LogP contribution < -0.4 is 9.64 Å². The maximum atomic E-state index is 11.2. The molecule has 1 aromatic rings. The second-order valence-corrected chi connectivity index (χ2v) is 4.53. The van der Waals surface area contributed by atoms with Crippen molar-refractivity contribution in [2.75, 3.05) is 44.7 Å². The molecule has 1 aliphatic heterocycles. The quantitative estimate of drug-likeness (QED) is 0.613. The number of rotatable bonds is 4. The summed E-state index contributed by atoms with van der Waals surface area (Å²) in [5, 5.41) is 11.2. The number of methoxy groups -OCH3 is 1. The predicted octanol–water partition coefficient (Wildman–Crippen LogP) is 1.75. The van der Waals surface area contributed by atoms with Crippen LogP contribution in [-0.4, -0.2) is 49.7 Å². The van der Waals surface area contributed by atoms with Gasteiger partial charge in [-0.15, -0.1) is 0 Å². The number of hydrogen-bond donors (Lipinski definition) is 0. The lowest BCUT2D eigenvalue weighted by atomic mass is 10.2. The number of nitro groups is 1. The lowest BCUT2D eigenvalue weighted by Crippen LogP contribution is -2.46. The zero-order chi connectivity index (χ0) is 13.8. The molecule has 104 valence electrons.